The highest BCUT2D eigenvalue weighted by molar-refractivity contribution is 6.04. The van der Waals surface area contributed by atoms with E-state index in [4.69, 9.17) is 4.74 Å². The minimum absolute atomic E-state index is 0.0580. The van der Waals surface area contributed by atoms with Crippen LogP contribution in [0.5, 0.6) is 5.75 Å². The summed E-state index contributed by atoms with van der Waals surface area (Å²) < 4.78 is 11.1. The predicted octanol–water partition coefficient (Wildman–Crippen LogP) is 7.40. The minimum Gasteiger partial charge on any atom is -0.493 e. The first-order valence-corrected chi connectivity index (χ1v) is 19.0. The Bertz CT molecular complexity index is 2640. The summed E-state index contributed by atoms with van der Waals surface area (Å²) in [7, 11) is 3.58. The number of carbonyl (C=O) groups excluding carboxylic acids is 4. The molecule has 2 aliphatic rings. The van der Waals surface area contributed by atoms with Gasteiger partial charge in [-0.1, -0.05) is 48.0 Å². The normalized spacial score (nSPS) is 14.8. The van der Waals surface area contributed by atoms with Gasteiger partial charge < -0.3 is 24.1 Å². The van der Waals surface area contributed by atoms with Crippen LogP contribution in [0.2, 0.25) is 0 Å². The van der Waals surface area contributed by atoms with Crippen LogP contribution < -0.4 is 10.1 Å². The second-order valence-corrected chi connectivity index (χ2v) is 15.0. The average Bonchev–Trinajstić information content (AvgIpc) is 3.96. The van der Waals surface area contributed by atoms with Gasteiger partial charge in [-0.15, -0.1) is 0 Å². The maximum atomic E-state index is 13.5. The number of ether oxygens (including phenoxy) is 1. The molecule has 2 amide bonds. The molecule has 288 valence electrons. The van der Waals surface area contributed by atoms with Gasteiger partial charge in [-0.25, -0.2) is 4.98 Å². The van der Waals surface area contributed by atoms with E-state index < -0.39 is 0 Å². The van der Waals surface area contributed by atoms with Crippen molar-refractivity contribution in [2.75, 3.05) is 18.5 Å². The molecule has 6 aromatic rings. The lowest BCUT2D eigenvalue weighted by Crippen LogP contribution is -2.35. The molecule has 1 fully saturated rings. The zero-order chi connectivity index (χ0) is 40.0. The highest BCUT2D eigenvalue weighted by Crippen LogP contribution is 2.35. The van der Waals surface area contributed by atoms with E-state index in [0.29, 0.717) is 48.1 Å². The summed E-state index contributed by atoms with van der Waals surface area (Å²) >= 11 is 0. The molecule has 2 aliphatic heterocycles. The maximum absolute atomic E-state index is 13.5. The Morgan fingerprint density at radius 1 is 0.947 bits per heavy atom. The molecule has 1 atom stereocenters. The summed E-state index contributed by atoms with van der Waals surface area (Å²) in [6.07, 6.45) is 8.65. The van der Waals surface area contributed by atoms with Crippen LogP contribution in [-0.4, -0.2) is 72.5 Å². The summed E-state index contributed by atoms with van der Waals surface area (Å²) in [5, 5.41) is 3.81. The van der Waals surface area contributed by atoms with Gasteiger partial charge in [0.1, 0.15) is 11.4 Å². The number of nitrogens with one attached hydrogen (secondary N) is 1. The van der Waals surface area contributed by atoms with Crippen molar-refractivity contribution in [2.24, 2.45) is 19.1 Å². The molecule has 0 saturated carbocycles. The van der Waals surface area contributed by atoms with Crippen molar-refractivity contribution >= 4 is 52.1 Å². The number of rotatable bonds is 11. The molecular formula is C45H43N7O5. The zero-order valence-electron chi connectivity index (χ0n) is 32.4. The van der Waals surface area contributed by atoms with E-state index in [1.165, 1.54) is 0 Å². The van der Waals surface area contributed by atoms with Crippen molar-refractivity contribution in [1.82, 2.24) is 23.6 Å². The number of hydrogen-bond acceptors (Lipinski definition) is 7. The quantitative estimate of drug-likeness (QED) is 0.0832. The highest BCUT2D eigenvalue weighted by Gasteiger charge is 2.34. The molecule has 0 spiro atoms. The third kappa shape index (κ3) is 7.45. The smallest absolute Gasteiger partial charge is 0.278 e. The zero-order valence-corrected chi connectivity index (χ0v) is 32.4. The van der Waals surface area contributed by atoms with Crippen molar-refractivity contribution in [3.05, 3.63) is 131 Å². The summed E-state index contributed by atoms with van der Waals surface area (Å²) in [6.45, 7) is 8.78. The largest absolute Gasteiger partial charge is 0.493 e. The first-order chi connectivity index (χ1) is 27.4. The van der Waals surface area contributed by atoms with Crippen molar-refractivity contribution in [3.63, 3.8) is 0 Å². The predicted molar refractivity (Wildman–Crippen MR) is 220 cm³/mol. The molecule has 0 bridgehead atoms. The van der Waals surface area contributed by atoms with E-state index in [2.05, 4.69) is 27.9 Å². The van der Waals surface area contributed by atoms with Crippen LogP contribution in [0.3, 0.4) is 0 Å². The summed E-state index contributed by atoms with van der Waals surface area (Å²) in [4.78, 5) is 63.6. The monoisotopic (exact) mass is 761 g/mol. The van der Waals surface area contributed by atoms with Crippen LogP contribution in [0.1, 0.15) is 67.4 Å². The van der Waals surface area contributed by atoms with Gasteiger partial charge in [0.2, 0.25) is 11.7 Å². The van der Waals surface area contributed by atoms with E-state index >= 15 is 0 Å². The van der Waals surface area contributed by atoms with Crippen molar-refractivity contribution in [3.8, 4) is 16.9 Å². The van der Waals surface area contributed by atoms with Crippen LogP contribution >= 0.6 is 0 Å². The standard InChI is InChI=1S/C45H43N7O5/c1-27-8-13-37-32(17-27)14-15-51(37)45(56)38-21-33(25-49(38)4)31-11-9-30(10-12-31)20-39(53)43-48-41(26-50(43)5)47-42(54)7-6-16-57-40-22-36-35(19-29(40)3)44(55)52-24-28(2)18-34(52)23-46-36/h8-15,17,19,21-23,25-26,34H,2,6-7,16,18,20,24H2,1,3-5H3,(H,47,54). The number of aliphatic imine (C=N–C) groups is 1. The number of amides is 2. The van der Waals surface area contributed by atoms with Gasteiger partial charge in [0.05, 0.1) is 29.4 Å². The molecular weight excluding hydrogens is 719 g/mol. The van der Waals surface area contributed by atoms with E-state index in [1.807, 2.05) is 92.5 Å². The summed E-state index contributed by atoms with van der Waals surface area (Å²) in [5.41, 5.74) is 8.15. The number of benzene rings is 3. The number of carbonyl (C=O) groups is 4. The SMILES string of the molecule is C=C1CC2C=Nc3cc(OCCCC(=O)Nc4cn(C)c(C(=O)Cc5ccc(-c6cc(C(=O)n7ccc8cc(C)ccc87)n(C)c6)cc5)n4)c(C)cc3C(=O)N2C1. The lowest BCUT2D eigenvalue weighted by Gasteiger charge is -2.20. The number of fused-ring (bicyclic) bond motifs is 3. The summed E-state index contributed by atoms with van der Waals surface area (Å²) in [6, 6.07) is 21.1. The fourth-order valence-electron chi connectivity index (χ4n) is 7.60. The van der Waals surface area contributed by atoms with Crippen LogP contribution in [-0.2, 0) is 25.3 Å². The molecule has 1 saturated heterocycles. The van der Waals surface area contributed by atoms with Gasteiger partial charge in [0.15, 0.2) is 11.6 Å². The fraction of sp³-hybridized carbons (Fsp3) is 0.244. The van der Waals surface area contributed by atoms with Crippen LogP contribution in [0.4, 0.5) is 11.5 Å². The molecule has 12 nitrogen and oxygen atoms in total. The molecule has 5 heterocycles. The van der Waals surface area contributed by atoms with Crippen LogP contribution in [0.15, 0.2) is 102 Å². The molecule has 0 aliphatic carbocycles. The van der Waals surface area contributed by atoms with E-state index in [0.717, 1.165) is 50.7 Å². The minimum atomic E-state index is -0.245. The van der Waals surface area contributed by atoms with E-state index in [9.17, 15) is 19.2 Å². The van der Waals surface area contributed by atoms with E-state index in [-0.39, 0.29) is 48.2 Å². The van der Waals surface area contributed by atoms with Gasteiger partial charge >= 0.3 is 0 Å². The number of imidazole rings is 1. The third-order valence-electron chi connectivity index (χ3n) is 10.6. The van der Waals surface area contributed by atoms with Crippen molar-refractivity contribution in [2.45, 2.75) is 45.6 Å². The Kier molecular flexibility index (Phi) is 9.78. The van der Waals surface area contributed by atoms with Crippen molar-refractivity contribution < 1.29 is 23.9 Å². The molecule has 12 heteroatoms. The topological polar surface area (TPSA) is 133 Å². The van der Waals surface area contributed by atoms with Gasteiger partial charge in [-0.3, -0.25) is 28.7 Å². The fourth-order valence-corrected chi connectivity index (χ4v) is 7.60. The molecule has 1 N–H and O–H groups in total. The first-order valence-electron chi connectivity index (χ1n) is 19.0. The Morgan fingerprint density at radius 2 is 1.75 bits per heavy atom. The number of aromatic nitrogens is 4. The molecule has 0 radical (unpaired) electrons. The Labute approximate surface area is 330 Å². The molecule has 1 unspecified atom stereocenters. The van der Waals surface area contributed by atoms with Gasteiger partial charge in [-0.05, 0) is 73.7 Å². The Morgan fingerprint density at radius 3 is 2.56 bits per heavy atom. The number of ketones is 1. The maximum Gasteiger partial charge on any atom is 0.278 e. The third-order valence-corrected chi connectivity index (χ3v) is 10.6. The van der Waals surface area contributed by atoms with Crippen LogP contribution in [0.25, 0.3) is 22.0 Å². The summed E-state index contributed by atoms with van der Waals surface area (Å²) in [5.74, 6) is 0.553. The molecule has 8 rings (SSSR count). The first kappa shape index (κ1) is 37.1. The Balaban J connectivity index is 0.834. The number of nitrogens with zero attached hydrogens (tertiary/aromatic N) is 6. The van der Waals surface area contributed by atoms with Crippen molar-refractivity contribution in [1.29, 1.82) is 0 Å². The highest BCUT2D eigenvalue weighted by atomic mass is 16.5. The second kappa shape index (κ2) is 15.0. The van der Waals surface area contributed by atoms with Gasteiger partial charge in [-0.2, -0.15) is 0 Å². The second-order valence-electron chi connectivity index (χ2n) is 15.0. The number of Topliss-reactive ketones (excluding diaryl/α,β-unsaturated/α-hetero) is 1. The van der Waals surface area contributed by atoms with E-state index in [1.54, 1.807) is 39.6 Å². The lowest BCUT2D eigenvalue weighted by atomic mass is 10.0. The Hall–Kier alpha value is -6.82. The average molecular weight is 762 g/mol. The molecule has 3 aromatic heterocycles. The lowest BCUT2D eigenvalue weighted by molar-refractivity contribution is -0.116. The van der Waals surface area contributed by atoms with Gasteiger partial charge in [0, 0.05) is 75.3 Å². The number of anilines is 1. The number of hydrogen-bond donors (Lipinski definition) is 1. The van der Waals surface area contributed by atoms with Crippen LogP contribution in [0, 0.1) is 13.8 Å². The molecule has 57 heavy (non-hydrogen) atoms. The van der Waals surface area contributed by atoms with Gasteiger partial charge in [0.25, 0.3) is 11.8 Å². The molecule has 3 aromatic carbocycles. The number of aryl methyl sites for hydroxylation is 4.